The Morgan fingerprint density at radius 2 is 2.07 bits per heavy atom. The fraction of sp³-hybridized carbons (Fsp3) is 0.462. The van der Waals surface area contributed by atoms with Gasteiger partial charge in [-0.2, -0.15) is 0 Å². The Morgan fingerprint density at radius 1 is 1.33 bits per heavy atom. The Kier molecular flexibility index (Phi) is 3.17. The van der Waals surface area contributed by atoms with Crippen molar-refractivity contribution in [3.63, 3.8) is 0 Å². The highest BCUT2D eigenvalue weighted by atomic mass is 14.9. The summed E-state index contributed by atoms with van der Waals surface area (Å²) in [7, 11) is 0. The second-order valence-corrected chi connectivity index (χ2v) is 4.37. The minimum atomic E-state index is 0.404. The normalized spacial score (nSPS) is 21.7. The summed E-state index contributed by atoms with van der Waals surface area (Å²) in [6.45, 7) is 4.05. The fourth-order valence-corrected chi connectivity index (χ4v) is 2.03. The maximum Gasteiger partial charge on any atom is 0.0149 e. The molecule has 0 radical (unpaired) electrons. The molecule has 80 valence electrons. The molecule has 1 aliphatic heterocycles. The summed E-state index contributed by atoms with van der Waals surface area (Å²) in [5.74, 6) is 0.404. The highest BCUT2D eigenvalue weighted by molar-refractivity contribution is 5.85. The molecule has 2 N–H and O–H groups in total. The topological polar surface area (TPSA) is 35.9 Å². The zero-order valence-electron chi connectivity index (χ0n) is 9.22. The molecule has 1 atom stereocenters. The van der Waals surface area contributed by atoms with Gasteiger partial charge in [-0.05, 0) is 25.3 Å². The summed E-state index contributed by atoms with van der Waals surface area (Å²) in [4.78, 5) is 0. The molecular formula is C13H18N2. The van der Waals surface area contributed by atoms with Crippen molar-refractivity contribution in [2.24, 2.45) is 5.92 Å². The molecule has 1 fully saturated rings. The molecule has 1 saturated heterocycles. The highest BCUT2D eigenvalue weighted by Crippen LogP contribution is 2.14. The van der Waals surface area contributed by atoms with E-state index in [0.29, 0.717) is 5.92 Å². The molecule has 15 heavy (non-hydrogen) atoms. The van der Waals surface area contributed by atoms with Gasteiger partial charge in [0, 0.05) is 24.7 Å². The smallest absolute Gasteiger partial charge is 0.0149 e. The van der Waals surface area contributed by atoms with Crippen LogP contribution in [0.15, 0.2) is 24.3 Å². The minimum Gasteiger partial charge on any atom is -0.316 e. The van der Waals surface area contributed by atoms with E-state index in [1.165, 1.54) is 11.1 Å². The van der Waals surface area contributed by atoms with Crippen LogP contribution in [0, 0.1) is 18.3 Å². The lowest BCUT2D eigenvalue weighted by atomic mass is 9.90. The average Bonchev–Trinajstić information content (AvgIpc) is 2.25. The van der Waals surface area contributed by atoms with E-state index in [9.17, 15) is 0 Å². The maximum absolute atomic E-state index is 7.90. The zero-order valence-corrected chi connectivity index (χ0v) is 9.22. The summed E-state index contributed by atoms with van der Waals surface area (Å²) in [6.07, 6.45) is 1.92. The van der Waals surface area contributed by atoms with E-state index < -0.39 is 0 Å². The summed E-state index contributed by atoms with van der Waals surface area (Å²) >= 11 is 0. The van der Waals surface area contributed by atoms with E-state index in [-0.39, 0.29) is 0 Å². The quantitative estimate of drug-likeness (QED) is 0.757. The van der Waals surface area contributed by atoms with Crippen molar-refractivity contribution < 1.29 is 0 Å². The van der Waals surface area contributed by atoms with E-state index >= 15 is 0 Å². The average molecular weight is 202 g/mol. The highest BCUT2D eigenvalue weighted by Gasteiger charge is 2.18. The van der Waals surface area contributed by atoms with Crippen LogP contribution in [0.25, 0.3) is 0 Å². The molecule has 2 nitrogen and oxygen atoms in total. The summed E-state index contributed by atoms with van der Waals surface area (Å²) < 4.78 is 0. The van der Waals surface area contributed by atoms with Crippen LogP contribution < -0.4 is 5.32 Å². The Labute approximate surface area is 91.2 Å². The lowest BCUT2D eigenvalue weighted by Crippen LogP contribution is -2.37. The Morgan fingerprint density at radius 3 is 2.73 bits per heavy atom. The fourth-order valence-electron chi connectivity index (χ4n) is 2.03. The van der Waals surface area contributed by atoms with Gasteiger partial charge in [0.25, 0.3) is 0 Å². The van der Waals surface area contributed by atoms with Crippen LogP contribution >= 0.6 is 0 Å². The number of nitrogens with one attached hydrogen (secondary N) is 2. The van der Waals surface area contributed by atoms with Crippen LogP contribution in [0.1, 0.15) is 17.5 Å². The Hall–Kier alpha value is -1.15. The predicted molar refractivity (Wildman–Crippen MR) is 63.6 cm³/mol. The monoisotopic (exact) mass is 202 g/mol. The first kappa shape index (κ1) is 10.4. The van der Waals surface area contributed by atoms with E-state index in [1.54, 1.807) is 0 Å². The summed E-state index contributed by atoms with van der Waals surface area (Å²) in [5.41, 5.74) is 3.56. The molecule has 0 saturated carbocycles. The Bertz CT molecular complexity index is 340. The number of piperidine rings is 1. The lowest BCUT2D eigenvalue weighted by Gasteiger charge is -2.24. The van der Waals surface area contributed by atoms with Crippen LogP contribution in [0.5, 0.6) is 0 Å². The first-order chi connectivity index (χ1) is 7.25. The molecule has 2 heteroatoms. The standard InChI is InChI=1S/C13H18N2/c1-10-2-4-11(5-3-10)8-12-9-15-7-6-13(12)14/h2-5,12,14-15H,6-9H2,1H3. The molecule has 1 aromatic rings. The first-order valence-electron chi connectivity index (χ1n) is 5.59. The third-order valence-electron chi connectivity index (χ3n) is 3.06. The minimum absolute atomic E-state index is 0.404. The second kappa shape index (κ2) is 4.58. The molecule has 0 spiro atoms. The third kappa shape index (κ3) is 2.66. The molecule has 2 rings (SSSR count). The van der Waals surface area contributed by atoms with Crippen molar-refractivity contribution >= 4 is 5.71 Å². The molecule has 1 heterocycles. The van der Waals surface area contributed by atoms with E-state index in [2.05, 4.69) is 36.5 Å². The van der Waals surface area contributed by atoms with Gasteiger partial charge in [0.15, 0.2) is 0 Å². The maximum atomic E-state index is 7.90. The van der Waals surface area contributed by atoms with Gasteiger partial charge in [0.2, 0.25) is 0 Å². The van der Waals surface area contributed by atoms with Gasteiger partial charge in [-0.3, -0.25) is 0 Å². The van der Waals surface area contributed by atoms with Crippen molar-refractivity contribution in [2.75, 3.05) is 13.1 Å². The van der Waals surface area contributed by atoms with Gasteiger partial charge in [-0.25, -0.2) is 0 Å². The number of hydrogen-bond acceptors (Lipinski definition) is 2. The number of benzene rings is 1. The van der Waals surface area contributed by atoms with Crippen molar-refractivity contribution in [2.45, 2.75) is 19.8 Å². The van der Waals surface area contributed by atoms with Gasteiger partial charge < -0.3 is 10.7 Å². The van der Waals surface area contributed by atoms with Gasteiger partial charge in [0.05, 0.1) is 0 Å². The summed E-state index contributed by atoms with van der Waals surface area (Å²) in [5, 5.41) is 11.3. The largest absolute Gasteiger partial charge is 0.316 e. The van der Waals surface area contributed by atoms with Crippen molar-refractivity contribution in [1.82, 2.24) is 5.32 Å². The zero-order chi connectivity index (χ0) is 10.7. The van der Waals surface area contributed by atoms with Gasteiger partial charge >= 0.3 is 0 Å². The van der Waals surface area contributed by atoms with Gasteiger partial charge in [0.1, 0.15) is 0 Å². The molecule has 0 amide bonds. The lowest BCUT2D eigenvalue weighted by molar-refractivity contribution is 0.537. The number of aryl methyl sites for hydroxylation is 1. The van der Waals surface area contributed by atoms with Crippen molar-refractivity contribution in [1.29, 1.82) is 5.41 Å². The van der Waals surface area contributed by atoms with Crippen molar-refractivity contribution in [3.8, 4) is 0 Å². The predicted octanol–water partition coefficient (Wildman–Crippen LogP) is 2.17. The van der Waals surface area contributed by atoms with Crippen LogP contribution in [0.3, 0.4) is 0 Å². The van der Waals surface area contributed by atoms with Crippen molar-refractivity contribution in [3.05, 3.63) is 35.4 Å². The van der Waals surface area contributed by atoms with E-state index in [0.717, 1.165) is 31.6 Å². The molecule has 1 aromatic carbocycles. The number of hydrogen-bond donors (Lipinski definition) is 2. The first-order valence-corrected chi connectivity index (χ1v) is 5.59. The van der Waals surface area contributed by atoms with Crippen LogP contribution in [-0.4, -0.2) is 18.8 Å². The SMILES string of the molecule is Cc1ccc(CC2CNCCC2=N)cc1. The Balaban J connectivity index is 2.01. The van der Waals surface area contributed by atoms with Crippen LogP contribution in [-0.2, 0) is 6.42 Å². The molecule has 1 aliphatic rings. The van der Waals surface area contributed by atoms with Gasteiger partial charge in [-0.1, -0.05) is 29.8 Å². The van der Waals surface area contributed by atoms with Crippen LogP contribution in [0.4, 0.5) is 0 Å². The second-order valence-electron chi connectivity index (χ2n) is 4.37. The molecule has 0 aliphatic carbocycles. The third-order valence-corrected chi connectivity index (χ3v) is 3.06. The van der Waals surface area contributed by atoms with E-state index in [1.807, 2.05) is 0 Å². The molecule has 0 bridgehead atoms. The number of rotatable bonds is 2. The van der Waals surface area contributed by atoms with Gasteiger partial charge in [-0.15, -0.1) is 0 Å². The molecule has 0 aromatic heterocycles. The summed E-state index contributed by atoms with van der Waals surface area (Å²) in [6, 6.07) is 8.65. The van der Waals surface area contributed by atoms with E-state index in [4.69, 9.17) is 5.41 Å². The van der Waals surface area contributed by atoms with Crippen LogP contribution in [0.2, 0.25) is 0 Å². The molecule has 1 unspecified atom stereocenters. The molecular weight excluding hydrogens is 184 g/mol.